The van der Waals surface area contributed by atoms with Crippen LogP contribution in [-0.4, -0.2) is 10.6 Å². The molecule has 2 heteroatoms. The predicted molar refractivity (Wildman–Crippen MR) is 95.3 cm³/mol. The second kappa shape index (κ2) is 6.27. The summed E-state index contributed by atoms with van der Waals surface area (Å²) in [5.74, 6) is 0. The Labute approximate surface area is 133 Å². The average Bonchev–Trinajstić information content (AvgIpc) is 2.90. The third-order valence-corrected chi connectivity index (χ3v) is 4.50. The van der Waals surface area contributed by atoms with Crippen LogP contribution in [-0.2, 0) is 13.6 Å². The van der Waals surface area contributed by atoms with Crippen molar-refractivity contribution in [2.75, 3.05) is 4.90 Å². The summed E-state index contributed by atoms with van der Waals surface area (Å²) >= 11 is 0. The van der Waals surface area contributed by atoms with Crippen LogP contribution in [0.15, 0.2) is 60.8 Å². The first-order valence-corrected chi connectivity index (χ1v) is 8.05. The third kappa shape index (κ3) is 2.74. The van der Waals surface area contributed by atoms with Crippen LogP contribution < -0.4 is 4.90 Å². The minimum Gasteiger partial charge on any atom is -0.363 e. The van der Waals surface area contributed by atoms with E-state index in [9.17, 15) is 0 Å². The summed E-state index contributed by atoms with van der Waals surface area (Å²) in [5, 5.41) is 1.33. The van der Waals surface area contributed by atoms with Gasteiger partial charge < -0.3 is 9.47 Å². The van der Waals surface area contributed by atoms with Crippen LogP contribution in [0, 0.1) is 0 Å². The minimum atomic E-state index is 0.506. The van der Waals surface area contributed by atoms with Crippen LogP contribution >= 0.6 is 0 Å². The van der Waals surface area contributed by atoms with Gasteiger partial charge in [0.2, 0.25) is 0 Å². The van der Waals surface area contributed by atoms with E-state index >= 15 is 0 Å². The molecule has 0 unspecified atom stereocenters. The van der Waals surface area contributed by atoms with Gasteiger partial charge in [-0.3, -0.25) is 0 Å². The Bertz CT molecular complexity index is 743. The fourth-order valence-corrected chi connectivity index (χ4v) is 3.03. The first-order valence-electron chi connectivity index (χ1n) is 8.05. The maximum atomic E-state index is 2.53. The van der Waals surface area contributed by atoms with E-state index in [1.165, 1.54) is 22.2 Å². The maximum absolute atomic E-state index is 2.53. The largest absolute Gasteiger partial charge is 0.363 e. The van der Waals surface area contributed by atoms with Gasteiger partial charge in [0.25, 0.3) is 0 Å². The van der Waals surface area contributed by atoms with E-state index in [0.29, 0.717) is 6.04 Å². The van der Waals surface area contributed by atoms with Gasteiger partial charge >= 0.3 is 0 Å². The third-order valence-electron chi connectivity index (χ3n) is 4.50. The molecule has 2 aromatic carbocycles. The normalized spacial score (nSPS) is 12.5. The Kier molecular flexibility index (Phi) is 4.19. The molecule has 0 N–H and O–H groups in total. The Morgan fingerprint density at radius 2 is 1.68 bits per heavy atom. The summed E-state index contributed by atoms with van der Waals surface area (Å²) in [4.78, 5) is 2.53. The summed E-state index contributed by atoms with van der Waals surface area (Å²) in [6.07, 6.45) is 3.40. The Morgan fingerprint density at radius 1 is 1.00 bits per heavy atom. The summed E-state index contributed by atoms with van der Waals surface area (Å²) < 4.78 is 2.23. The van der Waals surface area contributed by atoms with Crippen molar-refractivity contribution in [2.45, 2.75) is 32.9 Å². The van der Waals surface area contributed by atoms with Gasteiger partial charge in [0.1, 0.15) is 0 Å². The van der Waals surface area contributed by atoms with Crippen molar-refractivity contribution in [1.29, 1.82) is 0 Å². The summed E-state index contributed by atoms with van der Waals surface area (Å²) in [6, 6.07) is 19.9. The quantitative estimate of drug-likeness (QED) is 0.643. The second-order valence-electron chi connectivity index (χ2n) is 6.01. The number of fused-ring (bicyclic) bond motifs is 1. The number of hydrogen-bond donors (Lipinski definition) is 0. The van der Waals surface area contributed by atoms with Gasteiger partial charge in [-0.1, -0.05) is 55.5 Å². The zero-order valence-corrected chi connectivity index (χ0v) is 13.7. The molecule has 0 saturated heterocycles. The van der Waals surface area contributed by atoms with Gasteiger partial charge in [-0.15, -0.1) is 0 Å². The molecule has 114 valence electrons. The Balaban J connectivity index is 2.05. The predicted octanol–water partition coefficient (Wildman–Crippen LogP) is 4.98. The fraction of sp³-hybridized carbons (Fsp3) is 0.300. The van der Waals surface area contributed by atoms with Gasteiger partial charge in [-0.2, -0.15) is 0 Å². The lowest BCUT2D eigenvalue weighted by atomic mass is 10.1. The number of para-hydroxylation sites is 1. The van der Waals surface area contributed by atoms with Crippen molar-refractivity contribution in [3.05, 3.63) is 66.4 Å². The van der Waals surface area contributed by atoms with Crippen molar-refractivity contribution in [3.63, 3.8) is 0 Å². The number of rotatable bonds is 5. The molecule has 3 aromatic rings. The molecule has 2 nitrogen and oxygen atoms in total. The summed E-state index contributed by atoms with van der Waals surface area (Å²) in [7, 11) is 2.13. The highest BCUT2D eigenvalue weighted by Gasteiger charge is 2.18. The molecule has 3 rings (SSSR count). The number of hydrogen-bond acceptors (Lipinski definition) is 1. The Morgan fingerprint density at radius 3 is 2.41 bits per heavy atom. The smallest absolute Gasteiger partial charge is 0.0631 e. The standard InChI is InChI=1S/C20H24N2/c1-4-16(2)22(14-17-10-6-5-7-11-17)20-15-21(3)19-13-9-8-12-18(19)20/h5-13,15-16H,4,14H2,1-3H3/t16-/m0/s1. The SMILES string of the molecule is CC[C@H](C)N(Cc1ccccc1)c1cn(C)c2ccccc12. The molecule has 22 heavy (non-hydrogen) atoms. The average molecular weight is 292 g/mol. The van der Waals surface area contributed by atoms with E-state index in [-0.39, 0.29) is 0 Å². The molecule has 0 aliphatic carbocycles. The van der Waals surface area contributed by atoms with Crippen LogP contribution in [0.25, 0.3) is 10.9 Å². The molecule has 1 aromatic heterocycles. The lowest BCUT2D eigenvalue weighted by molar-refractivity contribution is 0.615. The van der Waals surface area contributed by atoms with Crippen molar-refractivity contribution in [2.24, 2.45) is 7.05 Å². The fourth-order valence-electron chi connectivity index (χ4n) is 3.03. The molecule has 0 amide bonds. The molecule has 0 aliphatic rings. The Hall–Kier alpha value is -2.22. The van der Waals surface area contributed by atoms with Crippen LogP contribution in [0.5, 0.6) is 0 Å². The zero-order valence-electron chi connectivity index (χ0n) is 13.7. The van der Waals surface area contributed by atoms with Crippen molar-refractivity contribution in [1.82, 2.24) is 4.57 Å². The van der Waals surface area contributed by atoms with Crippen molar-refractivity contribution in [3.8, 4) is 0 Å². The van der Waals surface area contributed by atoms with Crippen LogP contribution in [0.4, 0.5) is 5.69 Å². The number of aryl methyl sites for hydroxylation is 1. The monoisotopic (exact) mass is 292 g/mol. The van der Waals surface area contributed by atoms with Gasteiger partial charge in [-0.25, -0.2) is 0 Å². The number of benzene rings is 2. The molecule has 1 heterocycles. The lowest BCUT2D eigenvalue weighted by Crippen LogP contribution is -2.31. The zero-order chi connectivity index (χ0) is 15.5. The van der Waals surface area contributed by atoms with Crippen LogP contribution in [0.2, 0.25) is 0 Å². The van der Waals surface area contributed by atoms with Gasteiger partial charge in [0, 0.05) is 36.7 Å². The van der Waals surface area contributed by atoms with Crippen molar-refractivity contribution < 1.29 is 0 Å². The van der Waals surface area contributed by atoms with Crippen LogP contribution in [0.1, 0.15) is 25.8 Å². The molecule has 0 bridgehead atoms. The molecule has 0 fully saturated rings. The molecule has 0 saturated carbocycles. The van der Waals surface area contributed by atoms with Gasteiger partial charge in [-0.05, 0) is 25.0 Å². The van der Waals surface area contributed by atoms with E-state index in [1.807, 2.05) is 0 Å². The van der Waals surface area contributed by atoms with Gasteiger partial charge in [0.05, 0.1) is 5.69 Å². The van der Waals surface area contributed by atoms with E-state index in [0.717, 1.165) is 13.0 Å². The minimum absolute atomic E-state index is 0.506. The van der Waals surface area contributed by atoms with E-state index in [4.69, 9.17) is 0 Å². The van der Waals surface area contributed by atoms with Gasteiger partial charge in [0.15, 0.2) is 0 Å². The number of aromatic nitrogens is 1. The van der Waals surface area contributed by atoms with E-state index in [2.05, 4.69) is 91.2 Å². The summed E-state index contributed by atoms with van der Waals surface area (Å²) in [6.45, 7) is 5.52. The van der Waals surface area contributed by atoms with E-state index in [1.54, 1.807) is 0 Å². The molecular formula is C20H24N2. The first-order chi connectivity index (χ1) is 10.7. The molecule has 0 radical (unpaired) electrons. The second-order valence-corrected chi connectivity index (χ2v) is 6.01. The number of anilines is 1. The maximum Gasteiger partial charge on any atom is 0.0631 e. The highest BCUT2D eigenvalue weighted by atomic mass is 15.2. The molecule has 0 aliphatic heterocycles. The molecule has 0 spiro atoms. The molecule has 1 atom stereocenters. The first kappa shape index (κ1) is 14.7. The number of nitrogens with zero attached hydrogens (tertiary/aromatic N) is 2. The highest BCUT2D eigenvalue weighted by Crippen LogP contribution is 2.31. The van der Waals surface area contributed by atoms with Crippen molar-refractivity contribution >= 4 is 16.6 Å². The van der Waals surface area contributed by atoms with E-state index < -0.39 is 0 Å². The highest BCUT2D eigenvalue weighted by molar-refractivity contribution is 5.93. The summed E-state index contributed by atoms with van der Waals surface area (Å²) in [5.41, 5.74) is 3.98. The molecular weight excluding hydrogens is 268 g/mol. The lowest BCUT2D eigenvalue weighted by Gasteiger charge is -2.30. The van der Waals surface area contributed by atoms with Crippen LogP contribution in [0.3, 0.4) is 0 Å². The topological polar surface area (TPSA) is 8.17 Å².